The predicted octanol–water partition coefficient (Wildman–Crippen LogP) is 16.1. The number of carbonyl (C=O) groups excluding carboxylic acids is 3. The Kier molecular flexibility index (Phi) is 34.7. The van der Waals surface area contributed by atoms with E-state index >= 15 is 0 Å². The van der Waals surface area contributed by atoms with Crippen LogP contribution in [0.5, 0.6) is 34.5 Å². The van der Waals surface area contributed by atoms with E-state index in [0.717, 1.165) is 84.1 Å². The molecule has 0 aromatic heterocycles. The van der Waals surface area contributed by atoms with Gasteiger partial charge in [0.2, 0.25) is 0 Å². The molecule has 3 amide bonds. The van der Waals surface area contributed by atoms with Gasteiger partial charge in [0, 0.05) is 44.8 Å². The Morgan fingerprint density at radius 2 is 0.786 bits per heavy atom. The fourth-order valence-corrected chi connectivity index (χ4v) is 9.73. The minimum absolute atomic E-state index is 0.0842. The van der Waals surface area contributed by atoms with Crippen LogP contribution in [0.15, 0.2) is 212 Å². The number of carbonyl (C=O) groups is 3. The van der Waals surface area contributed by atoms with Crippen molar-refractivity contribution in [3.63, 3.8) is 0 Å². The number of nitrogens with two attached hydrogens (primary N) is 1. The molecule has 2 aliphatic rings. The molecule has 0 aliphatic carbocycles. The zero-order valence-electron chi connectivity index (χ0n) is 58.3. The number of likely N-dealkylation sites (tertiary alicyclic amines) is 2. The molecular formula is C80H101F2N7O9. The lowest BCUT2D eigenvalue weighted by molar-refractivity contribution is 0.127. The van der Waals surface area contributed by atoms with Crippen molar-refractivity contribution in [3.05, 3.63) is 252 Å². The minimum Gasteiger partial charge on any atom is -0.493 e. The van der Waals surface area contributed by atoms with E-state index in [0.29, 0.717) is 80.4 Å². The maximum absolute atomic E-state index is 13.3. The number of nitrogens with zero attached hydrogens (tertiary/aromatic N) is 3. The summed E-state index contributed by atoms with van der Waals surface area (Å²) in [5.41, 5.74) is 10.7. The first-order chi connectivity index (χ1) is 47.3. The van der Waals surface area contributed by atoms with Gasteiger partial charge < -0.3 is 64.8 Å². The number of halogens is 2. The smallest absolute Gasteiger partial charge is 0.493 e. The lowest BCUT2D eigenvalue weighted by Crippen LogP contribution is -2.49. The van der Waals surface area contributed by atoms with Crippen molar-refractivity contribution >= 4 is 18.3 Å². The van der Waals surface area contributed by atoms with Crippen molar-refractivity contribution in [2.24, 2.45) is 23.5 Å². The van der Waals surface area contributed by atoms with Gasteiger partial charge in [-0.1, -0.05) is 157 Å². The standard InChI is InChI=1S/C25H34FN3O2.C18H21NO3.C13H19FN2.C13H10O3.C11H17NO/c1-19(2)18-31-24-10-6-20(7-11-24)16-27-25(30)29(23-12-14-28(3)15-13-23)17-21-4-8-22(26)9-5-21;1-14(2)13-21-16-10-8-15(9-11-16)12-19-18(20)22-17-6-4-3-5-7-17;1-16-8-6-13(7-9-16)15-10-11-2-4-12(14)5-3-11;14-13(15-11-7-3-1-4-8-11)16-12-9-5-2-6-10-12;1-9(2)8-13-11-5-3-10(7-12)4-6-11/h4-11,19,23H,12-18H2,1-3H3,(H,27,30);3-11,14H,12-13H2,1-2H3,(H,19,20);2-5,13,15H,6-10H2,1H3;1-10H;3-6,9H,7-8,12H2,1-2H3. The van der Waals surface area contributed by atoms with Crippen LogP contribution in [0.4, 0.5) is 23.2 Å². The summed E-state index contributed by atoms with van der Waals surface area (Å²) in [6.07, 6.45) is 3.08. The van der Waals surface area contributed by atoms with E-state index in [1.165, 1.54) is 50.2 Å². The van der Waals surface area contributed by atoms with Gasteiger partial charge in [-0.2, -0.15) is 0 Å². The van der Waals surface area contributed by atoms with Gasteiger partial charge in [-0.25, -0.2) is 23.2 Å². The molecule has 0 radical (unpaired) electrons. The molecule has 8 aromatic carbocycles. The van der Waals surface area contributed by atoms with Crippen LogP contribution in [0.1, 0.15) is 95.0 Å². The molecular weight excluding hydrogens is 1240 g/mol. The number of urea groups is 1. The third-order valence-corrected chi connectivity index (χ3v) is 15.4. The highest BCUT2D eigenvalue weighted by Crippen LogP contribution is 2.22. The highest BCUT2D eigenvalue weighted by molar-refractivity contribution is 5.74. The van der Waals surface area contributed by atoms with Crippen LogP contribution in [0.3, 0.4) is 0 Å². The van der Waals surface area contributed by atoms with Crippen LogP contribution in [0, 0.1) is 29.4 Å². The average molecular weight is 1340 g/mol. The number of nitrogens with one attached hydrogen (secondary N) is 3. The van der Waals surface area contributed by atoms with Crippen LogP contribution in [0.2, 0.25) is 0 Å². The Morgan fingerprint density at radius 3 is 1.18 bits per heavy atom. The first kappa shape index (κ1) is 77.7. The van der Waals surface area contributed by atoms with Crippen LogP contribution in [0.25, 0.3) is 0 Å². The van der Waals surface area contributed by atoms with Gasteiger partial charge in [-0.05, 0) is 209 Å². The van der Waals surface area contributed by atoms with Crippen molar-refractivity contribution in [3.8, 4) is 34.5 Å². The quantitative estimate of drug-likeness (QED) is 0.0352. The molecule has 8 aromatic rings. The number of rotatable bonds is 23. The van der Waals surface area contributed by atoms with Gasteiger partial charge in [0.25, 0.3) is 0 Å². The van der Waals surface area contributed by atoms with E-state index in [2.05, 4.69) is 81.4 Å². The van der Waals surface area contributed by atoms with E-state index in [4.69, 9.17) is 34.2 Å². The summed E-state index contributed by atoms with van der Waals surface area (Å²) in [5, 5.41) is 9.31. The number of piperidine rings is 2. The number of amides is 3. The molecule has 2 fully saturated rings. The van der Waals surface area contributed by atoms with Crippen molar-refractivity contribution in [1.29, 1.82) is 0 Å². The van der Waals surface area contributed by atoms with Crippen molar-refractivity contribution in [2.75, 3.05) is 60.1 Å². The number of para-hydroxylation sites is 3. The summed E-state index contributed by atoms with van der Waals surface area (Å²) >= 11 is 0. The second-order valence-electron chi connectivity index (χ2n) is 25.4. The summed E-state index contributed by atoms with van der Waals surface area (Å²) in [6.45, 7) is 21.9. The summed E-state index contributed by atoms with van der Waals surface area (Å²) < 4.78 is 57.9. The third kappa shape index (κ3) is 32.1. The lowest BCUT2D eigenvalue weighted by atomic mass is 10.0. The van der Waals surface area contributed by atoms with Crippen molar-refractivity contribution in [1.82, 2.24) is 30.7 Å². The minimum atomic E-state index is -0.739. The highest BCUT2D eigenvalue weighted by atomic mass is 19.1. The largest absolute Gasteiger partial charge is 0.519 e. The first-order valence-electron chi connectivity index (χ1n) is 33.8. The summed E-state index contributed by atoms with van der Waals surface area (Å²) in [7, 11) is 4.27. The molecule has 10 rings (SSSR count). The van der Waals surface area contributed by atoms with E-state index < -0.39 is 12.2 Å². The molecule has 0 unspecified atom stereocenters. The predicted molar refractivity (Wildman–Crippen MR) is 386 cm³/mol. The number of hydrogen-bond acceptors (Lipinski definition) is 13. The fraction of sp³-hybridized carbons (Fsp3) is 0.362. The molecule has 2 heterocycles. The molecule has 18 heteroatoms. The summed E-state index contributed by atoms with van der Waals surface area (Å²) in [6, 6.07) is 63.8. The fourth-order valence-electron chi connectivity index (χ4n) is 9.73. The molecule has 524 valence electrons. The highest BCUT2D eigenvalue weighted by Gasteiger charge is 2.27. The maximum Gasteiger partial charge on any atom is 0.519 e. The van der Waals surface area contributed by atoms with E-state index in [1.807, 2.05) is 120 Å². The van der Waals surface area contributed by atoms with Gasteiger partial charge in [0.1, 0.15) is 46.1 Å². The van der Waals surface area contributed by atoms with Crippen molar-refractivity contribution < 1.29 is 51.6 Å². The zero-order chi connectivity index (χ0) is 70.3. The van der Waals surface area contributed by atoms with Crippen LogP contribution < -0.4 is 50.1 Å². The summed E-state index contributed by atoms with van der Waals surface area (Å²) in [4.78, 5) is 42.7. The normalized spacial score (nSPS) is 13.1. The number of ether oxygens (including phenoxy) is 6. The molecule has 2 saturated heterocycles. The molecule has 0 spiro atoms. The van der Waals surface area contributed by atoms with Gasteiger partial charge in [0.15, 0.2) is 0 Å². The molecule has 0 atom stereocenters. The Bertz CT molecular complexity index is 3410. The molecule has 0 bridgehead atoms. The maximum atomic E-state index is 13.3. The van der Waals surface area contributed by atoms with Gasteiger partial charge in [-0.3, -0.25) is 0 Å². The Hall–Kier alpha value is -9.33. The lowest BCUT2D eigenvalue weighted by Gasteiger charge is -2.37. The van der Waals surface area contributed by atoms with Gasteiger partial charge in [0.05, 0.1) is 19.8 Å². The van der Waals surface area contributed by atoms with Crippen LogP contribution in [-0.4, -0.2) is 105 Å². The molecule has 98 heavy (non-hydrogen) atoms. The average Bonchev–Trinajstić information content (AvgIpc) is 0.876. The number of benzene rings is 8. The monoisotopic (exact) mass is 1340 g/mol. The zero-order valence-corrected chi connectivity index (χ0v) is 58.3. The van der Waals surface area contributed by atoms with Crippen LogP contribution in [-0.2, 0) is 32.7 Å². The van der Waals surface area contributed by atoms with E-state index in [9.17, 15) is 23.2 Å². The second kappa shape index (κ2) is 43.8. The van der Waals surface area contributed by atoms with Gasteiger partial charge in [-0.15, -0.1) is 0 Å². The molecule has 0 saturated carbocycles. The second-order valence-corrected chi connectivity index (χ2v) is 25.4. The van der Waals surface area contributed by atoms with E-state index in [1.54, 1.807) is 72.8 Å². The van der Waals surface area contributed by atoms with Crippen LogP contribution >= 0.6 is 0 Å². The third-order valence-electron chi connectivity index (χ3n) is 15.4. The topological polar surface area (TPSA) is 178 Å². The SMILES string of the molecule is CC(C)COc1ccc(CN)cc1.CC(C)COc1ccc(CNC(=O)N(Cc2ccc(F)cc2)C2CCN(C)CC2)cc1.CC(C)COc1ccc(CNC(=O)Oc2ccccc2)cc1.CN1CCC(NCc2ccc(F)cc2)CC1.O=C(Oc1ccccc1)Oc1ccccc1. The number of hydrogen-bond donors (Lipinski definition) is 4. The molecule has 2 aliphatic heterocycles. The summed E-state index contributed by atoms with van der Waals surface area (Å²) in [5.74, 6) is 5.16. The van der Waals surface area contributed by atoms with Crippen molar-refractivity contribution in [2.45, 2.75) is 112 Å². The molecule has 16 nitrogen and oxygen atoms in total. The first-order valence-corrected chi connectivity index (χ1v) is 33.8. The Balaban J connectivity index is 0.000000201. The Morgan fingerprint density at radius 1 is 0.439 bits per heavy atom. The Labute approximate surface area is 579 Å². The molecule has 5 N–H and O–H groups in total. The van der Waals surface area contributed by atoms with Gasteiger partial charge >= 0.3 is 18.3 Å². The van der Waals surface area contributed by atoms with E-state index in [-0.39, 0.29) is 23.7 Å².